The van der Waals surface area contributed by atoms with E-state index in [4.69, 9.17) is 28.4 Å². The van der Waals surface area contributed by atoms with E-state index in [1.54, 1.807) is 57.7 Å². The minimum atomic E-state index is -1.85. The zero-order valence-corrected chi connectivity index (χ0v) is 29.9. The Morgan fingerprint density at radius 1 is 0.980 bits per heavy atom. The fraction of sp³-hybridized carbons (Fsp3) is 0.737. The van der Waals surface area contributed by atoms with Gasteiger partial charge in [-0.2, -0.15) is 0 Å². The van der Waals surface area contributed by atoms with Crippen molar-refractivity contribution in [2.45, 2.75) is 93.4 Å². The van der Waals surface area contributed by atoms with Gasteiger partial charge in [0.05, 0.1) is 36.9 Å². The molecule has 5 aliphatic carbocycles. The molecule has 3 N–H and O–H groups in total. The van der Waals surface area contributed by atoms with Crippen LogP contribution in [-0.2, 0) is 33.2 Å². The lowest BCUT2D eigenvalue weighted by molar-refractivity contribution is -0.322. The van der Waals surface area contributed by atoms with Crippen molar-refractivity contribution in [1.82, 2.24) is 4.90 Å². The fourth-order valence-corrected chi connectivity index (χ4v) is 12.6. The summed E-state index contributed by atoms with van der Waals surface area (Å²) in [6.07, 6.45) is -1.28. The van der Waals surface area contributed by atoms with Gasteiger partial charge < -0.3 is 43.7 Å². The van der Waals surface area contributed by atoms with Crippen LogP contribution in [-0.4, -0.2) is 134 Å². The highest BCUT2D eigenvalue weighted by Gasteiger charge is 2.92. The second kappa shape index (κ2) is 12.9. The van der Waals surface area contributed by atoms with Crippen LogP contribution in [0.4, 0.5) is 0 Å². The smallest absolute Gasteiger partial charge is 0.338 e. The van der Waals surface area contributed by atoms with Gasteiger partial charge in [-0.1, -0.05) is 44.2 Å². The summed E-state index contributed by atoms with van der Waals surface area (Å²) in [5, 5.41) is 37.8. The molecule has 1 aromatic rings. The van der Waals surface area contributed by atoms with E-state index in [-0.39, 0.29) is 25.5 Å². The monoisotopic (exact) mass is 699 g/mol. The number of benzene rings is 1. The third-order valence-corrected chi connectivity index (χ3v) is 13.8. The van der Waals surface area contributed by atoms with Gasteiger partial charge in [0.25, 0.3) is 0 Å². The van der Waals surface area contributed by atoms with Gasteiger partial charge in [0.1, 0.15) is 23.9 Å². The molecule has 7 bridgehead atoms. The quantitative estimate of drug-likeness (QED) is 0.216. The molecule has 50 heavy (non-hydrogen) atoms. The highest BCUT2D eigenvalue weighted by atomic mass is 16.6. The highest BCUT2D eigenvalue weighted by Crippen LogP contribution is 2.80. The number of piperidine rings is 1. The molecule has 15 atom stereocenters. The molecule has 6 fully saturated rings. The molecular weight excluding hydrogens is 646 g/mol. The molecule has 0 aromatic heterocycles. The van der Waals surface area contributed by atoms with Crippen molar-refractivity contribution in [2.24, 2.45) is 34.5 Å². The molecule has 12 nitrogen and oxygen atoms in total. The van der Waals surface area contributed by atoms with Gasteiger partial charge in [-0.15, -0.1) is 0 Å². The van der Waals surface area contributed by atoms with E-state index in [1.807, 2.05) is 13.0 Å². The van der Waals surface area contributed by atoms with E-state index in [9.17, 15) is 24.9 Å². The predicted molar refractivity (Wildman–Crippen MR) is 179 cm³/mol. The van der Waals surface area contributed by atoms with Crippen LogP contribution >= 0.6 is 0 Å². The van der Waals surface area contributed by atoms with Crippen LogP contribution in [0.2, 0.25) is 0 Å². The fourth-order valence-electron chi connectivity index (χ4n) is 12.6. The van der Waals surface area contributed by atoms with Crippen LogP contribution in [0.25, 0.3) is 0 Å². The van der Waals surface area contributed by atoms with Crippen LogP contribution in [0.5, 0.6) is 0 Å². The third kappa shape index (κ3) is 4.39. The number of hydrogen-bond acceptors (Lipinski definition) is 12. The van der Waals surface area contributed by atoms with Crippen molar-refractivity contribution in [3.05, 3.63) is 48.0 Å². The van der Waals surface area contributed by atoms with Gasteiger partial charge in [0, 0.05) is 76.0 Å². The van der Waals surface area contributed by atoms with Gasteiger partial charge in [0.15, 0.2) is 5.60 Å². The summed E-state index contributed by atoms with van der Waals surface area (Å²) in [4.78, 5) is 30.3. The molecule has 6 aliphatic rings. The summed E-state index contributed by atoms with van der Waals surface area (Å²) < 4.78 is 38.0. The van der Waals surface area contributed by atoms with Gasteiger partial charge in [0.2, 0.25) is 0 Å². The Morgan fingerprint density at radius 3 is 2.34 bits per heavy atom. The Balaban J connectivity index is 1.51. The van der Waals surface area contributed by atoms with Crippen LogP contribution in [0, 0.1) is 34.5 Å². The first kappa shape index (κ1) is 36.0. The summed E-state index contributed by atoms with van der Waals surface area (Å²) in [6, 6.07) is 8.20. The van der Waals surface area contributed by atoms with E-state index >= 15 is 0 Å². The molecule has 1 spiro atoms. The van der Waals surface area contributed by atoms with Crippen molar-refractivity contribution in [2.75, 3.05) is 48.1 Å². The average molecular weight is 700 g/mol. The Labute approximate surface area is 294 Å². The number of nitrogens with zero attached hydrogens (tertiary/aromatic N) is 1. The van der Waals surface area contributed by atoms with Crippen LogP contribution in [0.1, 0.15) is 49.9 Å². The van der Waals surface area contributed by atoms with Gasteiger partial charge >= 0.3 is 11.9 Å². The lowest BCUT2D eigenvalue weighted by atomic mass is 9.42. The number of hydrogen-bond donors (Lipinski definition) is 3. The second-order valence-electron chi connectivity index (χ2n) is 15.4. The SMILES string of the molecule is CCC=CCC(=O)OC12C(O)C(OC)C3(O)CC(C1C3OC(=O)c1ccccc1)C13C(OC)CC(O)C4(COC)CN(CC)C1C2C(OC)C43. The lowest BCUT2D eigenvalue weighted by Gasteiger charge is -2.70. The molecular formula is C38H53NO11. The van der Waals surface area contributed by atoms with E-state index in [2.05, 4.69) is 11.8 Å². The summed E-state index contributed by atoms with van der Waals surface area (Å²) in [6.45, 7) is 5.34. The first-order valence-corrected chi connectivity index (χ1v) is 18.1. The van der Waals surface area contributed by atoms with E-state index < -0.39 is 94.3 Å². The number of allylic oxidation sites excluding steroid dienone is 1. The molecule has 12 heteroatoms. The molecule has 0 amide bonds. The zero-order valence-electron chi connectivity index (χ0n) is 29.9. The number of aliphatic hydroxyl groups excluding tert-OH is 2. The van der Waals surface area contributed by atoms with Crippen LogP contribution < -0.4 is 0 Å². The van der Waals surface area contributed by atoms with Gasteiger partial charge in [-0.25, -0.2) is 4.79 Å². The number of rotatable bonds is 12. The maximum absolute atomic E-state index is 14.1. The first-order chi connectivity index (χ1) is 24.0. The Bertz CT molecular complexity index is 1480. The summed E-state index contributed by atoms with van der Waals surface area (Å²) >= 11 is 0. The average Bonchev–Trinajstić information content (AvgIpc) is 3.48. The normalized spacial score (nSPS) is 47.0. The van der Waals surface area contributed by atoms with Crippen LogP contribution in [0.3, 0.4) is 0 Å². The highest BCUT2D eigenvalue weighted by molar-refractivity contribution is 5.89. The topological polar surface area (TPSA) is 153 Å². The Morgan fingerprint density at radius 2 is 1.72 bits per heavy atom. The Hall–Kier alpha value is -2.42. The molecule has 1 saturated heterocycles. The molecule has 15 unspecified atom stereocenters. The number of fused-ring (bicyclic) bond motifs is 2. The molecule has 1 aromatic carbocycles. The number of methoxy groups -OCH3 is 4. The predicted octanol–water partition coefficient (Wildman–Crippen LogP) is 1.98. The largest absolute Gasteiger partial charge is 0.455 e. The van der Waals surface area contributed by atoms with Crippen molar-refractivity contribution in [1.29, 1.82) is 0 Å². The van der Waals surface area contributed by atoms with E-state index in [0.717, 1.165) is 6.42 Å². The maximum Gasteiger partial charge on any atom is 0.338 e. The molecule has 1 aliphatic heterocycles. The number of esters is 2. The van der Waals surface area contributed by atoms with Gasteiger partial charge in [-0.05, 0) is 37.4 Å². The Kier molecular flexibility index (Phi) is 9.28. The third-order valence-electron chi connectivity index (χ3n) is 13.8. The van der Waals surface area contributed by atoms with Crippen molar-refractivity contribution < 1.29 is 53.3 Å². The summed E-state index contributed by atoms with van der Waals surface area (Å²) in [7, 11) is 6.31. The lowest BCUT2D eigenvalue weighted by Crippen LogP contribution is -2.81. The van der Waals surface area contributed by atoms with E-state index in [0.29, 0.717) is 25.1 Å². The standard InChI is InChI=1S/C38H53NO11/c1-7-9-11-16-25(41)50-38-26-22(18-36(44,33(48-6)31(38)42)32(26)49-34(43)21-14-12-10-13-15-21)37-24(46-4)17-23(40)35(20-45-3)19-39(8-2)30(37)27(38)28(47-5)29(35)37/h9-15,22-24,26-33,40,42,44H,7-8,16-20H2,1-6H3. The van der Waals surface area contributed by atoms with Crippen molar-refractivity contribution in [3.8, 4) is 0 Å². The minimum absolute atomic E-state index is 0.0375. The number of likely N-dealkylation sites (tertiary alicyclic amines) is 1. The molecule has 5 saturated carbocycles. The molecule has 276 valence electrons. The summed E-state index contributed by atoms with van der Waals surface area (Å²) in [5.74, 6) is -3.66. The molecule has 0 radical (unpaired) electrons. The van der Waals surface area contributed by atoms with Crippen LogP contribution in [0.15, 0.2) is 42.5 Å². The summed E-state index contributed by atoms with van der Waals surface area (Å²) in [5.41, 5.74) is -4.88. The second-order valence-corrected chi connectivity index (χ2v) is 15.4. The van der Waals surface area contributed by atoms with Crippen molar-refractivity contribution in [3.63, 3.8) is 0 Å². The maximum atomic E-state index is 14.1. The van der Waals surface area contributed by atoms with E-state index in [1.165, 1.54) is 7.11 Å². The number of carbonyl (C=O) groups is 2. The number of carbonyl (C=O) groups excluding carboxylic acids is 2. The number of ether oxygens (including phenoxy) is 6. The molecule has 1 heterocycles. The minimum Gasteiger partial charge on any atom is -0.455 e. The van der Waals surface area contributed by atoms with Crippen molar-refractivity contribution >= 4 is 11.9 Å². The van der Waals surface area contributed by atoms with Gasteiger partial charge in [-0.3, -0.25) is 9.69 Å². The zero-order chi connectivity index (χ0) is 35.8. The first-order valence-electron chi connectivity index (χ1n) is 18.1. The number of aliphatic hydroxyl groups is 3. The molecule has 7 rings (SSSR count).